The molecular weight excluding hydrogens is 372 g/mol. The van der Waals surface area contributed by atoms with Crippen LogP contribution in [-0.4, -0.2) is 27.1 Å². The topological polar surface area (TPSA) is 71.2 Å². The summed E-state index contributed by atoms with van der Waals surface area (Å²) in [6.45, 7) is 0.340. The van der Waals surface area contributed by atoms with Crippen LogP contribution in [0.5, 0.6) is 5.75 Å². The molecule has 0 saturated heterocycles. The molecule has 4 rings (SSSR count). The van der Waals surface area contributed by atoms with E-state index in [1.165, 1.54) is 13.2 Å². The number of ether oxygens (including phenoxy) is 1. The minimum atomic E-state index is -3.73. The Morgan fingerprint density at radius 1 is 1.23 bits per heavy atom. The molecule has 136 valence electrons. The first-order valence-electron chi connectivity index (χ1n) is 8.35. The summed E-state index contributed by atoms with van der Waals surface area (Å²) in [5.41, 5.74) is 2.06. The Hall–Kier alpha value is -2.02. The Morgan fingerprint density at radius 3 is 2.73 bits per heavy atom. The molecule has 1 aliphatic carbocycles. The molecule has 2 aromatic carbocycles. The van der Waals surface area contributed by atoms with Gasteiger partial charge in [-0.1, -0.05) is 29.8 Å². The van der Waals surface area contributed by atoms with E-state index in [4.69, 9.17) is 16.3 Å². The second-order valence-corrected chi connectivity index (χ2v) is 8.82. The number of aromatic nitrogens is 1. The predicted octanol–water partition coefficient (Wildman–Crippen LogP) is 3.84. The maximum absolute atomic E-state index is 12.8. The number of rotatable bonds is 6. The number of para-hydroxylation sites is 1. The van der Waals surface area contributed by atoms with Crippen molar-refractivity contribution in [1.29, 1.82) is 0 Å². The van der Waals surface area contributed by atoms with E-state index in [-0.39, 0.29) is 16.1 Å². The number of aromatic amines is 1. The highest BCUT2D eigenvalue weighted by Gasteiger charge is 2.46. The van der Waals surface area contributed by atoms with Gasteiger partial charge in [0.15, 0.2) is 0 Å². The van der Waals surface area contributed by atoms with Crippen LogP contribution in [0.25, 0.3) is 10.9 Å². The molecule has 0 spiro atoms. The number of H-pyrrole nitrogens is 1. The van der Waals surface area contributed by atoms with E-state index < -0.39 is 10.0 Å². The summed E-state index contributed by atoms with van der Waals surface area (Å²) in [6.07, 6.45) is 3.89. The van der Waals surface area contributed by atoms with Crippen molar-refractivity contribution in [2.75, 3.05) is 13.7 Å². The second-order valence-electron chi connectivity index (χ2n) is 6.65. The highest BCUT2D eigenvalue weighted by atomic mass is 35.5. The SMILES string of the molecule is COc1ccc(Cl)cc1S(=O)(=O)NCC1(c2c[nH]c3ccccc23)CC1. The normalized spacial score (nSPS) is 15.9. The van der Waals surface area contributed by atoms with Crippen molar-refractivity contribution in [3.63, 3.8) is 0 Å². The average Bonchev–Trinajstić information content (AvgIpc) is 3.31. The molecule has 1 fully saturated rings. The van der Waals surface area contributed by atoms with E-state index >= 15 is 0 Å². The molecule has 3 aromatic rings. The number of hydrogen-bond donors (Lipinski definition) is 2. The average molecular weight is 391 g/mol. The van der Waals surface area contributed by atoms with Crippen LogP contribution in [0.15, 0.2) is 53.6 Å². The smallest absolute Gasteiger partial charge is 0.244 e. The molecule has 0 bridgehead atoms. The van der Waals surface area contributed by atoms with Crippen molar-refractivity contribution >= 4 is 32.5 Å². The van der Waals surface area contributed by atoms with Crippen LogP contribution in [0, 0.1) is 0 Å². The van der Waals surface area contributed by atoms with E-state index in [9.17, 15) is 8.42 Å². The molecule has 7 heteroatoms. The van der Waals surface area contributed by atoms with E-state index in [2.05, 4.69) is 15.8 Å². The molecule has 0 amide bonds. The molecule has 0 atom stereocenters. The van der Waals surface area contributed by atoms with Gasteiger partial charge in [-0.2, -0.15) is 0 Å². The summed E-state index contributed by atoms with van der Waals surface area (Å²) in [5, 5.41) is 1.49. The van der Waals surface area contributed by atoms with Crippen molar-refractivity contribution < 1.29 is 13.2 Å². The quantitative estimate of drug-likeness (QED) is 0.671. The van der Waals surface area contributed by atoms with Crippen molar-refractivity contribution in [3.8, 4) is 5.75 Å². The van der Waals surface area contributed by atoms with Gasteiger partial charge in [0.2, 0.25) is 10.0 Å². The van der Waals surface area contributed by atoms with Gasteiger partial charge in [0.1, 0.15) is 10.6 Å². The van der Waals surface area contributed by atoms with E-state index in [0.29, 0.717) is 11.6 Å². The summed E-state index contributed by atoms with van der Waals surface area (Å²) >= 11 is 5.98. The lowest BCUT2D eigenvalue weighted by atomic mass is 9.96. The Bertz CT molecular complexity index is 1070. The van der Waals surface area contributed by atoms with E-state index in [1.54, 1.807) is 12.1 Å². The lowest BCUT2D eigenvalue weighted by Gasteiger charge is -2.17. The molecule has 1 saturated carbocycles. The molecule has 0 radical (unpaired) electrons. The van der Waals surface area contributed by atoms with E-state index in [1.807, 2.05) is 24.4 Å². The third-order valence-corrected chi connectivity index (χ3v) is 6.69. The molecule has 1 aliphatic rings. The molecule has 5 nitrogen and oxygen atoms in total. The number of methoxy groups -OCH3 is 1. The third kappa shape index (κ3) is 2.98. The Balaban J connectivity index is 1.62. The first-order chi connectivity index (χ1) is 12.5. The number of halogens is 1. The van der Waals surface area contributed by atoms with Gasteiger partial charge >= 0.3 is 0 Å². The van der Waals surface area contributed by atoms with E-state index in [0.717, 1.165) is 29.3 Å². The Morgan fingerprint density at radius 2 is 2.00 bits per heavy atom. The number of fused-ring (bicyclic) bond motifs is 1. The van der Waals surface area contributed by atoms with Gasteiger partial charge in [-0.3, -0.25) is 0 Å². The standard InChI is InChI=1S/C19H19ClN2O3S/c1-25-17-7-6-13(20)10-18(17)26(23,24)22-12-19(8-9-19)15-11-21-16-5-3-2-4-14(15)16/h2-7,10-11,21-22H,8-9,12H2,1H3. The molecule has 0 aliphatic heterocycles. The summed E-state index contributed by atoms with van der Waals surface area (Å²) in [5.74, 6) is 0.277. The van der Waals surface area contributed by atoms with Gasteiger partial charge in [-0.15, -0.1) is 0 Å². The highest BCUT2D eigenvalue weighted by Crippen LogP contribution is 2.50. The highest BCUT2D eigenvalue weighted by molar-refractivity contribution is 7.89. The van der Waals surface area contributed by atoms with Gasteiger partial charge in [0.05, 0.1) is 7.11 Å². The molecule has 26 heavy (non-hydrogen) atoms. The lowest BCUT2D eigenvalue weighted by Crippen LogP contribution is -2.32. The summed E-state index contributed by atoms with van der Waals surface area (Å²) < 4.78 is 33.6. The van der Waals surface area contributed by atoms with Crippen LogP contribution in [0.4, 0.5) is 0 Å². The molecule has 1 aromatic heterocycles. The lowest BCUT2D eigenvalue weighted by molar-refractivity contribution is 0.402. The fourth-order valence-corrected chi connectivity index (χ4v) is 4.93. The van der Waals surface area contributed by atoms with Crippen molar-refractivity contribution in [2.45, 2.75) is 23.2 Å². The minimum Gasteiger partial charge on any atom is -0.495 e. The number of benzene rings is 2. The summed E-state index contributed by atoms with van der Waals surface area (Å²) in [4.78, 5) is 3.33. The van der Waals surface area contributed by atoms with Crippen LogP contribution >= 0.6 is 11.6 Å². The minimum absolute atomic E-state index is 0.0576. The van der Waals surface area contributed by atoms with Crippen LogP contribution in [0.2, 0.25) is 5.02 Å². The van der Waals surface area contributed by atoms with Gasteiger partial charge in [-0.25, -0.2) is 13.1 Å². The molecular formula is C19H19ClN2O3S. The third-order valence-electron chi connectivity index (χ3n) is 5.03. The van der Waals surface area contributed by atoms with Crippen LogP contribution in [0.3, 0.4) is 0 Å². The molecule has 2 N–H and O–H groups in total. The zero-order valence-electron chi connectivity index (χ0n) is 14.3. The van der Waals surface area contributed by atoms with Gasteiger partial charge in [0.25, 0.3) is 0 Å². The van der Waals surface area contributed by atoms with Crippen LogP contribution in [0.1, 0.15) is 18.4 Å². The maximum Gasteiger partial charge on any atom is 0.244 e. The number of hydrogen-bond acceptors (Lipinski definition) is 3. The van der Waals surface area contributed by atoms with Crippen molar-refractivity contribution in [3.05, 3.63) is 59.2 Å². The molecule has 0 unspecified atom stereocenters. The number of sulfonamides is 1. The molecule has 1 heterocycles. The monoisotopic (exact) mass is 390 g/mol. The second kappa shape index (κ2) is 6.30. The largest absolute Gasteiger partial charge is 0.495 e. The zero-order valence-corrected chi connectivity index (χ0v) is 15.8. The van der Waals surface area contributed by atoms with Crippen molar-refractivity contribution in [1.82, 2.24) is 9.71 Å². The predicted molar refractivity (Wildman–Crippen MR) is 102 cm³/mol. The van der Waals surface area contributed by atoms with Gasteiger partial charge in [-0.05, 0) is 42.7 Å². The Kier molecular flexibility index (Phi) is 4.22. The van der Waals surface area contributed by atoms with Gasteiger partial charge in [0, 0.05) is 34.1 Å². The van der Waals surface area contributed by atoms with Gasteiger partial charge < -0.3 is 9.72 Å². The number of nitrogens with one attached hydrogen (secondary N) is 2. The summed E-state index contributed by atoms with van der Waals surface area (Å²) in [7, 11) is -2.29. The Labute approximate surface area is 157 Å². The van der Waals surface area contributed by atoms with Crippen LogP contribution < -0.4 is 9.46 Å². The zero-order chi connectivity index (χ0) is 18.4. The first-order valence-corrected chi connectivity index (χ1v) is 10.2. The van der Waals surface area contributed by atoms with Crippen molar-refractivity contribution in [2.24, 2.45) is 0 Å². The fourth-order valence-electron chi connectivity index (χ4n) is 3.37. The van der Waals surface area contributed by atoms with Crippen LogP contribution in [-0.2, 0) is 15.4 Å². The fraction of sp³-hybridized carbons (Fsp3) is 0.263. The maximum atomic E-state index is 12.8. The first kappa shape index (κ1) is 17.4. The summed E-state index contributed by atoms with van der Waals surface area (Å²) in [6, 6.07) is 12.6.